The lowest BCUT2D eigenvalue weighted by atomic mass is 9.96. The molecule has 0 aliphatic carbocycles. The van der Waals surface area contributed by atoms with Crippen LogP contribution in [0.1, 0.15) is 24.0 Å². The van der Waals surface area contributed by atoms with Crippen LogP contribution in [0.15, 0.2) is 18.2 Å². The number of methoxy groups -OCH3 is 1. The monoisotopic (exact) mass is 261 g/mol. The molecule has 0 spiro atoms. The van der Waals surface area contributed by atoms with E-state index in [9.17, 15) is 0 Å². The minimum atomic E-state index is 0.213. The van der Waals surface area contributed by atoms with Crippen molar-refractivity contribution in [3.63, 3.8) is 0 Å². The molecule has 4 heteroatoms. The van der Waals surface area contributed by atoms with Gasteiger partial charge < -0.3 is 10.5 Å². The highest BCUT2D eigenvalue weighted by Gasteiger charge is 2.22. The van der Waals surface area contributed by atoms with Crippen molar-refractivity contribution in [3.8, 4) is 5.75 Å². The zero-order chi connectivity index (χ0) is 13.8. The molecule has 1 saturated heterocycles. The molecule has 1 aliphatic heterocycles. The third-order valence-corrected chi connectivity index (χ3v) is 3.78. The van der Waals surface area contributed by atoms with Gasteiger partial charge in [0, 0.05) is 24.6 Å². The topological polar surface area (TPSA) is 62.3 Å². The smallest absolute Gasteiger partial charge is 0.123 e. The molecule has 0 radical (unpaired) electrons. The van der Waals surface area contributed by atoms with Gasteiger partial charge in [-0.1, -0.05) is 17.7 Å². The van der Waals surface area contributed by atoms with Gasteiger partial charge in [0.25, 0.3) is 0 Å². The van der Waals surface area contributed by atoms with Gasteiger partial charge in [0.15, 0.2) is 0 Å². The van der Waals surface area contributed by atoms with E-state index in [0.717, 1.165) is 38.2 Å². The molecule has 1 unspecified atom stereocenters. The van der Waals surface area contributed by atoms with Crippen molar-refractivity contribution < 1.29 is 4.74 Å². The molecule has 1 aromatic rings. The zero-order valence-electron chi connectivity index (χ0n) is 11.8. The molecular formula is C15H23N3O. The molecule has 0 aromatic heterocycles. The summed E-state index contributed by atoms with van der Waals surface area (Å²) in [7, 11) is 1.71. The maximum atomic E-state index is 7.60. The lowest BCUT2D eigenvalue weighted by molar-refractivity contribution is 0.193. The van der Waals surface area contributed by atoms with Gasteiger partial charge in [-0.2, -0.15) is 0 Å². The molecule has 1 aromatic carbocycles. The second-order valence-electron chi connectivity index (χ2n) is 5.34. The van der Waals surface area contributed by atoms with Crippen LogP contribution in [-0.4, -0.2) is 30.9 Å². The predicted molar refractivity (Wildman–Crippen MR) is 77.6 cm³/mol. The van der Waals surface area contributed by atoms with Gasteiger partial charge >= 0.3 is 0 Å². The van der Waals surface area contributed by atoms with E-state index in [1.807, 2.05) is 6.07 Å². The molecule has 1 atom stereocenters. The third kappa shape index (κ3) is 3.47. The van der Waals surface area contributed by atoms with Crippen LogP contribution >= 0.6 is 0 Å². The highest BCUT2D eigenvalue weighted by Crippen LogP contribution is 2.24. The van der Waals surface area contributed by atoms with Crippen molar-refractivity contribution in [2.75, 3.05) is 20.2 Å². The highest BCUT2D eigenvalue weighted by molar-refractivity contribution is 5.79. The maximum absolute atomic E-state index is 7.60. The molecule has 104 valence electrons. The number of ether oxygens (including phenoxy) is 1. The van der Waals surface area contributed by atoms with Crippen LogP contribution in [0.3, 0.4) is 0 Å². The fourth-order valence-electron chi connectivity index (χ4n) is 2.72. The molecule has 1 aliphatic rings. The van der Waals surface area contributed by atoms with E-state index in [0.29, 0.717) is 5.84 Å². The van der Waals surface area contributed by atoms with Gasteiger partial charge in [-0.15, -0.1) is 0 Å². The van der Waals surface area contributed by atoms with Crippen LogP contribution < -0.4 is 10.5 Å². The van der Waals surface area contributed by atoms with E-state index < -0.39 is 0 Å². The molecule has 0 amide bonds. The molecule has 0 saturated carbocycles. The van der Waals surface area contributed by atoms with Crippen LogP contribution in [0, 0.1) is 18.3 Å². The van der Waals surface area contributed by atoms with E-state index in [1.165, 1.54) is 11.1 Å². The fourth-order valence-corrected chi connectivity index (χ4v) is 2.72. The number of piperidine rings is 1. The summed E-state index contributed by atoms with van der Waals surface area (Å²) >= 11 is 0. The first-order valence-electron chi connectivity index (χ1n) is 6.80. The summed E-state index contributed by atoms with van der Waals surface area (Å²) < 4.78 is 5.42. The number of nitrogens with two attached hydrogens (primary N) is 1. The normalized spacial score (nSPS) is 20.2. The second kappa shape index (κ2) is 6.06. The number of hydrogen-bond donors (Lipinski definition) is 2. The van der Waals surface area contributed by atoms with Gasteiger partial charge in [0.2, 0.25) is 0 Å². The van der Waals surface area contributed by atoms with Crippen molar-refractivity contribution in [2.24, 2.45) is 11.7 Å². The van der Waals surface area contributed by atoms with Crippen molar-refractivity contribution >= 4 is 5.84 Å². The Balaban J connectivity index is 2.08. The van der Waals surface area contributed by atoms with E-state index in [2.05, 4.69) is 24.0 Å². The average molecular weight is 261 g/mol. The van der Waals surface area contributed by atoms with Crippen molar-refractivity contribution in [1.29, 1.82) is 5.41 Å². The number of rotatable bonds is 4. The Morgan fingerprint density at radius 2 is 2.32 bits per heavy atom. The number of nitrogens with one attached hydrogen (secondary N) is 1. The van der Waals surface area contributed by atoms with Gasteiger partial charge in [-0.05, 0) is 32.4 Å². The first-order valence-corrected chi connectivity index (χ1v) is 6.80. The van der Waals surface area contributed by atoms with Crippen LogP contribution in [0.4, 0.5) is 0 Å². The zero-order valence-corrected chi connectivity index (χ0v) is 11.8. The maximum Gasteiger partial charge on any atom is 0.123 e. The van der Waals surface area contributed by atoms with Gasteiger partial charge in [0.1, 0.15) is 5.75 Å². The summed E-state index contributed by atoms with van der Waals surface area (Å²) in [4.78, 5) is 2.37. The Morgan fingerprint density at radius 3 is 3.00 bits per heavy atom. The molecule has 19 heavy (non-hydrogen) atoms. The van der Waals surface area contributed by atoms with Crippen LogP contribution in [0.5, 0.6) is 5.75 Å². The average Bonchev–Trinajstić information content (AvgIpc) is 2.39. The molecule has 3 N–H and O–H groups in total. The van der Waals surface area contributed by atoms with E-state index >= 15 is 0 Å². The minimum absolute atomic E-state index is 0.213. The number of likely N-dealkylation sites (tertiary alicyclic amines) is 1. The summed E-state index contributed by atoms with van der Waals surface area (Å²) in [6, 6.07) is 6.27. The molecule has 1 fully saturated rings. The van der Waals surface area contributed by atoms with Crippen molar-refractivity contribution in [3.05, 3.63) is 29.3 Å². The SMILES string of the molecule is COc1ccc(C)cc1CN1CCCC(C(=N)N)C1. The van der Waals surface area contributed by atoms with Crippen LogP contribution in [0.2, 0.25) is 0 Å². The second-order valence-corrected chi connectivity index (χ2v) is 5.34. The Bertz CT molecular complexity index is 459. The fraction of sp³-hybridized carbons (Fsp3) is 0.533. The van der Waals surface area contributed by atoms with Gasteiger partial charge in [-0.3, -0.25) is 10.3 Å². The van der Waals surface area contributed by atoms with E-state index in [-0.39, 0.29) is 5.92 Å². The summed E-state index contributed by atoms with van der Waals surface area (Å²) in [5.41, 5.74) is 8.10. The van der Waals surface area contributed by atoms with Crippen LogP contribution in [-0.2, 0) is 6.54 Å². The van der Waals surface area contributed by atoms with E-state index in [1.54, 1.807) is 7.11 Å². The molecule has 0 bridgehead atoms. The largest absolute Gasteiger partial charge is 0.496 e. The van der Waals surface area contributed by atoms with Gasteiger partial charge in [-0.25, -0.2) is 0 Å². The number of amidine groups is 1. The molecule has 1 heterocycles. The summed E-state index contributed by atoms with van der Waals surface area (Å²) in [5, 5.41) is 7.60. The number of nitrogens with zero attached hydrogens (tertiary/aromatic N) is 1. The molecule has 2 rings (SSSR count). The van der Waals surface area contributed by atoms with Gasteiger partial charge in [0.05, 0.1) is 12.9 Å². The molecular weight excluding hydrogens is 238 g/mol. The van der Waals surface area contributed by atoms with E-state index in [4.69, 9.17) is 15.9 Å². The Hall–Kier alpha value is -1.55. The van der Waals surface area contributed by atoms with Crippen molar-refractivity contribution in [1.82, 2.24) is 4.90 Å². The first kappa shape index (κ1) is 13.9. The Labute approximate surface area is 115 Å². The third-order valence-electron chi connectivity index (χ3n) is 3.78. The molecule has 4 nitrogen and oxygen atoms in total. The minimum Gasteiger partial charge on any atom is -0.496 e. The quantitative estimate of drug-likeness (QED) is 0.645. The lowest BCUT2D eigenvalue weighted by Gasteiger charge is -2.32. The summed E-state index contributed by atoms with van der Waals surface area (Å²) in [5.74, 6) is 1.47. The van der Waals surface area contributed by atoms with Crippen molar-refractivity contribution in [2.45, 2.75) is 26.3 Å². The number of hydrogen-bond acceptors (Lipinski definition) is 3. The number of benzene rings is 1. The number of aryl methyl sites for hydroxylation is 1. The Morgan fingerprint density at radius 1 is 1.53 bits per heavy atom. The lowest BCUT2D eigenvalue weighted by Crippen LogP contribution is -2.40. The predicted octanol–water partition coefficient (Wildman–Crippen LogP) is 2.15. The van der Waals surface area contributed by atoms with Crippen LogP contribution in [0.25, 0.3) is 0 Å². The highest BCUT2D eigenvalue weighted by atomic mass is 16.5. The first-order chi connectivity index (χ1) is 9.10. The summed E-state index contributed by atoms with van der Waals surface area (Å²) in [6.07, 6.45) is 2.15. The standard InChI is InChI=1S/C15H23N3O/c1-11-5-6-14(19-2)13(8-11)10-18-7-3-4-12(9-18)15(16)17/h5-6,8,12H,3-4,7,9-10H2,1-2H3,(H3,16,17). The summed E-state index contributed by atoms with van der Waals surface area (Å²) in [6.45, 7) is 4.92. The Kier molecular flexibility index (Phi) is 4.43.